The standard InChI is InChI=1S/C14H20N2O2.ClH/c1-2-12-5-3-4-6-13(12)18-11-14(17)16-9-7-15-8-10-16;/h3-6,15H,2,7-11H2,1H3;1H. The molecule has 0 aliphatic carbocycles. The van der Waals surface area contributed by atoms with Gasteiger partial charge in [-0.1, -0.05) is 25.1 Å². The van der Waals surface area contributed by atoms with Crippen molar-refractivity contribution in [1.82, 2.24) is 10.2 Å². The number of carbonyl (C=O) groups is 1. The molecule has 1 aromatic carbocycles. The molecule has 0 aromatic heterocycles. The third-order valence-corrected chi connectivity index (χ3v) is 3.17. The summed E-state index contributed by atoms with van der Waals surface area (Å²) < 4.78 is 5.63. The summed E-state index contributed by atoms with van der Waals surface area (Å²) in [5, 5.41) is 3.23. The van der Waals surface area contributed by atoms with E-state index in [1.54, 1.807) is 0 Å². The SMILES string of the molecule is CCc1ccccc1OCC(=O)N1CCNCC1.Cl. The number of piperazine rings is 1. The number of hydrogen-bond acceptors (Lipinski definition) is 3. The molecule has 4 nitrogen and oxygen atoms in total. The molecule has 1 fully saturated rings. The van der Waals surface area contributed by atoms with Gasteiger partial charge in [-0.05, 0) is 18.1 Å². The molecular formula is C14H21ClN2O2. The van der Waals surface area contributed by atoms with Crippen molar-refractivity contribution in [2.45, 2.75) is 13.3 Å². The lowest BCUT2D eigenvalue weighted by Gasteiger charge is -2.27. The van der Waals surface area contributed by atoms with Crippen molar-refractivity contribution in [3.63, 3.8) is 0 Å². The zero-order chi connectivity index (χ0) is 12.8. The summed E-state index contributed by atoms with van der Waals surface area (Å²) in [6.45, 7) is 5.52. The van der Waals surface area contributed by atoms with Gasteiger partial charge in [-0.15, -0.1) is 12.4 Å². The Morgan fingerprint density at radius 2 is 2.00 bits per heavy atom. The molecule has 2 rings (SSSR count). The summed E-state index contributed by atoms with van der Waals surface area (Å²) in [5.41, 5.74) is 1.14. The molecule has 1 heterocycles. The van der Waals surface area contributed by atoms with Gasteiger partial charge in [-0.25, -0.2) is 0 Å². The Kier molecular flexibility index (Phi) is 6.67. The highest BCUT2D eigenvalue weighted by atomic mass is 35.5. The summed E-state index contributed by atoms with van der Waals surface area (Å²) in [7, 11) is 0. The number of halogens is 1. The van der Waals surface area contributed by atoms with E-state index in [2.05, 4.69) is 12.2 Å². The Bertz CT molecular complexity index is 406. The van der Waals surface area contributed by atoms with Crippen LogP contribution in [0.1, 0.15) is 12.5 Å². The molecule has 0 unspecified atom stereocenters. The molecule has 1 aliphatic rings. The first kappa shape index (κ1) is 15.8. The first-order chi connectivity index (χ1) is 8.81. The number of rotatable bonds is 4. The first-order valence-electron chi connectivity index (χ1n) is 6.50. The monoisotopic (exact) mass is 284 g/mol. The molecular weight excluding hydrogens is 264 g/mol. The number of aryl methyl sites for hydroxylation is 1. The normalized spacial score (nSPS) is 14.7. The van der Waals surface area contributed by atoms with E-state index in [1.165, 1.54) is 0 Å². The number of nitrogens with one attached hydrogen (secondary N) is 1. The van der Waals surface area contributed by atoms with Crippen molar-refractivity contribution in [3.8, 4) is 5.75 Å². The molecule has 0 radical (unpaired) electrons. The quantitative estimate of drug-likeness (QED) is 0.911. The van der Waals surface area contributed by atoms with Crippen LogP contribution in [0.5, 0.6) is 5.75 Å². The third-order valence-electron chi connectivity index (χ3n) is 3.17. The average Bonchev–Trinajstić information content (AvgIpc) is 2.46. The Hall–Kier alpha value is -1.26. The van der Waals surface area contributed by atoms with Gasteiger partial charge < -0.3 is 15.0 Å². The minimum absolute atomic E-state index is 0. The summed E-state index contributed by atoms with van der Waals surface area (Å²) in [5.74, 6) is 0.894. The van der Waals surface area contributed by atoms with Crippen molar-refractivity contribution >= 4 is 18.3 Å². The number of benzene rings is 1. The van der Waals surface area contributed by atoms with Crippen LogP contribution in [0.25, 0.3) is 0 Å². The largest absolute Gasteiger partial charge is 0.483 e. The van der Waals surface area contributed by atoms with Gasteiger partial charge in [0.15, 0.2) is 6.61 Å². The zero-order valence-electron chi connectivity index (χ0n) is 11.2. The molecule has 19 heavy (non-hydrogen) atoms. The van der Waals surface area contributed by atoms with Gasteiger partial charge in [-0.3, -0.25) is 4.79 Å². The van der Waals surface area contributed by atoms with E-state index >= 15 is 0 Å². The van der Waals surface area contributed by atoms with Crippen LogP contribution in [0, 0.1) is 0 Å². The zero-order valence-corrected chi connectivity index (χ0v) is 12.0. The molecule has 1 amide bonds. The molecule has 1 aromatic rings. The Morgan fingerprint density at radius 3 is 2.68 bits per heavy atom. The number of ether oxygens (including phenoxy) is 1. The molecule has 1 N–H and O–H groups in total. The molecule has 1 aliphatic heterocycles. The first-order valence-corrected chi connectivity index (χ1v) is 6.50. The van der Waals surface area contributed by atoms with Crippen LogP contribution in [0.15, 0.2) is 24.3 Å². The number of para-hydroxylation sites is 1. The highest BCUT2D eigenvalue weighted by Gasteiger charge is 2.16. The van der Waals surface area contributed by atoms with E-state index in [0.717, 1.165) is 43.9 Å². The summed E-state index contributed by atoms with van der Waals surface area (Å²) in [6, 6.07) is 7.88. The summed E-state index contributed by atoms with van der Waals surface area (Å²) in [6.07, 6.45) is 0.915. The maximum absolute atomic E-state index is 11.9. The number of nitrogens with zero attached hydrogens (tertiary/aromatic N) is 1. The lowest BCUT2D eigenvalue weighted by atomic mass is 10.1. The molecule has 5 heteroatoms. The summed E-state index contributed by atoms with van der Waals surface area (Å²) in [4.78, 5) is 13.8. The maximum Gasteiger partial charge on any atom is 0.260 e. The van der Waals surface area contributed by atoms with Gasteiger partial charge in [0.05, 0.1) is 0 Å². The van der Waals surface area contributed by atoms with E-state index < -0.39 is 0 Å². The second-order valence-electron chi connectivity index (χ2n) is 4.38. The predicted octanol–water partition coefficient (Wildman–Crippen LogP) is 1.48. The van der Waals surface area contributed by atoms with Gasteiger partial charge in [0, 0.05) is 26.2 Å². The van der Waals surface area contributed by atoms with Crippen LogP contribution in [0.3, 0.4) is 0 Å². The lowest BCUT2D eigenvalue weighted by molar-refractivity contribution is -0.133. The number of hydrogen-bond donors (Lipinski definition) is 1. The van der Waals surface area contributed by atoms with Gasteiger partial charge >= 0.3 is 0 Å². The minimum atomic E-state index is 0. The van der Waals surface area contributed by atoms with Gasteiger partial charge in [0.25, 0.3) is 5.91 Å². The van der Waals surface area contributed by atoms with Crippen molar-refractivity contribution in [3.05, 3.63) is 29.8 Å². The van der Waals surface area contributed by atoms with Crippen molar-refractivity contribution in [2.24, 2.45) is 0 Å². The molecule has 0 spiro atoms. The van der Waals surface area contributed by atoms with Crippen molar-refractivity contribution in [1.29, 1.82) is 0 Å². The molecule has 0 bridgehead atoms. The fraction of sp³-hybridized carbons (Fsp3) is 0.500. The third kappa shape index (κ3) is 4.40. The smallest absolute Gasteiger partial charge is 0.260 e. The fourth-order valence-electron chi connectivity index (χ4n) is 2.08. The van der Waals surface area contributed by atoms with E-state index in [9.17, 15) is 4.79 Å². The van der Waals surface area contributed by atoms with Crippen LogP contribution in [0.2, 0.25) is 0 Å². The van der Waals surface area contributed by atoms with Crippen LogP contribution in [0.4, 0.5) is 0 Å². The maximum atomic E-state index is 11.9. The Morgan fingerprint density at radius 1 is 1.32 bits per heavy atom. The van der Waals surface area contributed by atoms with E-state index in [-0.39, 0.29) is 24.9 Å². The lowest BCUT2D eigenvalue weighted by Crippen LogP contribution is -2.47. The fourth-order valence-corrected chi connectivity index (χ4v) is 2.08. The van der Waals surface area contributed by atoms with Crippen molar-refractivity contribution < 1.29 is 9.53 Å². The van der Waals surface area contributed by atoms with E-state index in [0.29, 0.717) is 0 Å². The minimum Gasteiger partial charge on any atom is -0.483 e. The Balaban J connectivity index is 0.00000180. The van der Waals surface area contributed by atoms with Gasteiger partial charge in [0.1, 0.15) is 5.75 Å². The molecule has 0 saturated carbocycles. The van der Waals surface area contributed by atoms with E-state index in [1.807, 2.05) is 29.2 Å². The summed E-state index contributed by atoms with van der Waals surface area (Å²) >= 11 is 0. The van der Waals surface area contributed by atoms with Crippen LogP contribution in [-0.2, 0) is 11.2 Å². The van der Waals surface area contributed by atoms with Gasteiger partial charge in [0.2, 0.25) is 0 Å². The van der Waals surface area contributed by atoms with Crippen LogP contribution < -0.4 is 10.1 Å². The molecule has 106 valence electrons. The molecule has 0 atom stereocenters. The topological polar surface area (TPSA) is 41.6 Å². The highest BCUT2D eigenvalue weighted by molar-refractivity contribution is 5.85. The predicted molar refractivity (Wildman–Crippen MR) is 78.0 cm³/mol. The van der Waals surface area contributed by atoms with Crippen LogP contribution >= 0.6 is 12.4 Å². The van der Waals surface area contributed by atoms with Crippen molar-refractivity contribution in [2.75, 3.05) is 32.8 Å². The van der Waals surface area contributed by atoms with Gasteiger partial charge in [-0.2, -0.15) is 0 Å². The van der Waals surface area contributed by atoms with Crippen LogP contribution in [-0.4, -0.2) is 43.6 Å². The second-order valence-corrected chi connectivity index (χ2v) is 4.38. The highest BCUT2D eigenvalue weighted by Crippen LogP contribution is 2.18. The number of carbonyl (C=O) groups excluding carboxylic acids is 1. The Labute approximate surface area is 120 Å². The number of amides is 1. The average molecular weight is 285 g/mol. The molecule has 1 saturated heterocycles. The van der Waals surface area contributed by atoms with E-state index in [4.69, 9.17) is 4.74 Å². The second kappa shape index (κ2) is 8.02.